The number of halogens is 3. The molecule has 0 radical (unpaired) electrons. The minimum atomic E-state index is -0.198. The van der Waals surface area contributed by atoms with Crippen LogP contribution in [0.1, 0.15) is 29.7 Å². The molecule has 4 heteroatoms. The fourth-order valence-electron chi connectivity index (χ4n) is 2.29. The van der Waals surface area contributed by atoms with Gasteiger partial charge in [-0.2, -0.15) is 0 Å². The Labute approximate surface area is 135 Å². The van der Waals surface area contributed by atoms with Gasteiger partial charge in [-0.1, -0.05) is 50.9 Å². The Balaban J connectivity index is 2.50. The minimum absolute atomic E-state index is 0.0445. The van der Waals surface area contributed by atoms with E-state index in [1.165, 1.54) is 6.07 Å². The highest BCUT2D eigenvalue weighted by Gasteiger charge is 2.18. The summed E-state index contributed by atoms with van der Waals surface area (Å²) in [5, 5.41) is 3.47. The molecule has 0 aliphatic carbocycles. The van der Waals surface area contributed by atoms with E-state index in [-0.39, 0.29) is 11.9 Å². The molecule has 0 heterocycles. The highest BCUT2D eigenvalue weighted by Crippen LogP contribution is 2.32. The second-order valence-corrected chi connectivity index (χ2v) is 6.43. The van der Waals surface area contributed by atoms with Crippen LogP contribution in [0.15, 0.2) is 45.3 Å². The summed E-state index contributed by atoms with van der Waals surface area (Å²) in [6.45, 7) is 4.85. The van der Waals surface area contributed by atoms with E-state index in [1.54, 1.807) is 6.07 Å². The summed E-state index contributed by atoms with van der Waals surface area (Å²) >= 11 is 7.07. The Kier molecular flexibility index (Phi) is 5.35. The van der Waals surface area contributed by atoms with Crippen molar-refractivity contribution >= 4 is 31.9 Å². The van der Waals surface area contributed by atoms with E-state index >= 15 is 0 Å². The third-order valence-electron chi connectivity index (χ3n) is 3.22. The molecule has 1 atom stereocenters. The van der Waals surface area contributed by atoms with Crippen LogP contribution in [-0.4, -0.2) is 6.54 Å². The lowest BCUT2D eigenvalue weighted by atomic mass is 9.95. The highest BCUT2D eigenvalue weighted by atomic mass is 79.9. The Hall–Kier alpha value is -0.710. The second-order valence-electron chi connectivity index (χ2n) is 4.66. The molecule has 2 aromatic rings. The third-order valence-corrected chi connectivity index (χ3v) is 4.40. The monoisotopic (exact) mass is 399 g/mol. The van der Waals surface area contributed by atoms with E-state index in [1.807, 2.05) is 25.1 Å². The van der Waals surface area contributed by atoms with Crippen molar-refractivity contribution in [3.05, 3.63) is 67.9 Å². The van der Waals surface area contributed by atoms with E-state index < -0.39 is 0 Å². The van der Waals surface area contributed by atoms with Crippen molar-refractivity contribution in [2.75, 3.05) is 6.54 Å². The normalized spacial score (nSPS) is 12.4. The van der Waals surface area contributed by atoms with Crippen LogP contribution >= 0.6 is 31.9 Å². The maximum absolute atomic E-state index is 13.3. The topological polar surface area (TPSA) is 12.0 Å². The van der Waals surface area contributed by atoms with Crippen LogP contribution in [0.4, 0.5) is 4.39 Å². The first-order valence-electron chi connectivity index (χ1n) is 6.47. The largest absolute Gasteiger partial charge is 0.306 e. The Morgan fingerprint density at radius 2 is 1.80 bits per heavy atom. The first-order chi connectivity index (χ1) is 9.52. The van der Waals surface area contributed by atoms with Crippen LogP contribution in [0.25, 0.3) is 0 Å². The minimum Gasteiger partial charge on any atom is -0.306 e. The fraction of sp³-hybridized carbons (Fsp3) is 0.250. The fourth-order valence-corrected chi connectivity index (χ4v) is 3.57. The highest BCUT2D eigenvalue weighted by molar-refractivity contribution is 9.11. The maximum atomic E-state index is 13.3. The predicted octanol–water partition coefficient (Wildman–Crippen LogP) is 5.36. The smallest absolute Gasteiger partial charge is 0.123 e. The summed E-state index contributed by atoms with van der Waals surface area (Å²) in [7, 11) is 0. The quantitative estimate of drug-likeness (QED) is 0.728. The zero-order valence-corrected chi connectivity index (χ0v) is 14.6. The average molecular weight is 401 g/mol. The summed E-state index contributed by atoms with van der Waals surface area (Å²) in [5.41, 5.74) is 3.19. The van der Waals surface area contributed by atoms with Crippen molar-refractivity contribution in [2.45, 2.75) is 19.9 Å². The molecule has 0 saturated heterocycles. The Bertz CT molecular complexity index is 562. The maximum Gasteiger partial charge on any atom is 0.123 e. The lowest BCUT2D eigenvalue weighted by Crippen LogP contribution is -2.23. The zero-order valence-electron chi connectivity index (χ0n) is 11.4. The number of rotatable bonds is 4. The summed E-state index contributed by atoms with van der Waals surface area (Å²) in [5.74, 6) is -0.198. The van der Waals surface area contributed by atoms with Crippen LogP contribution < -0.4 is 5.32 Å². The number of hydrogen-bond acceptors (Lipinski definition) is 1. The van der Waals surface area contributed by atoms with E-state index in [0.717, 1.165) is 32.2 Å². The first-order valence-corrected chi connectivity index (χ1v) is 8.06. The van der Waals surface area contributed by atoms with Gasteiger partial charge in [0.05, 0.1) is 6.04 Å². The van der Waals surface area contributed by atoms with Crippen LogP contribution in [0, 0.1) is 12.7 Å². The standard InChI is InChI=1S/C16H16Br2FN/c1-3-20-16(13-7-5-12(19)8-10(13)2)14-6-4-11(17)9-15(14)18/h4-9,16,20H,3H2,1-2H3. The van der Waals surface area contributed by atoms with Gasteiger partial charge in [-0.3, -0.25) is 0 Å². The van der Waals surface area contributed by atoms with Crippen LogP contribution in [0.3, 0.4) is 0 Å². The molecular formula is C16H16Br2FN. The van der Waals surface area contributed by atoms with Crippen molar-refractivity contribution in [1.82, 2.24) is 5.32 Å². The van der Waals surface area contributed by atoms with Gasteiger partial charge in [-0.05, 0) is 54.4 Å². The lowest BCUT2D eigenvalue weighted by Gasteiger charge is -2.22. The SMILES string of the molecule is CCNC(c1ccc(F)cc1C)c1ccc(Br)cc1Br. The molecule has 0 aliphatic heterocycles. The molecule has 2 aromatic carbocycles. The van der Waals surface area contributed by atoms with Crippen molar-refractivity contribution in [3.63, 3.8) is 0 Å². The molecule has 0 saturated carbocycles. The molecule has 1 unspecified atom stereocenters. The van der Waals surface area contributed by atoms with Crippen molar-refractivity contribution in [3.8, 4) is 0 Å². The third kappa shape index (κ3) is 3.48. The van der Waals surface area contributed by atoms with E-state index in [4.69, 9.17) is 0 Å². The van der Waals surface area contributed by atoms with Gasteiger partial charge in [0, 0.05) is 8.95 Å². The molecular weight excluding hydrogens is 385 g/mol. The molecule has 0 spiro atoms. The molecule has 0 fully saturated rings. The van der Waals surface area contributed by atoms with Crippen molar-refractivity contribution < 1.29 is 4.39 Å². The molecule has 106 valence electrons. The molecule has 2 rings (SSSR count). The number of hydrogen-bond donors (Lipinski definition) is 1. The summed E-state index contributed by atoms with van der Waals surface area (Å²) < 4.78 is 15.4. The molecule has 0 aliphatic rings. The first kappa shape index (κ1) is 15.7. The second kappa shape index (κ2) is 6.83. The molecule has 0 aromatic heterocycles. The Morgan fingerprint density at radius 1 is 1.10 bits per heavy atom. The van der Waals surface area contributed by atoms with E-state index in [2.05, 4.69) is 50.2 Å². The van der Waals surface area contributed by atoms with Crippen LogP contribution in [-0.2, 0) is 0 Å². The average Bonchev–Trinajstić information content (AvgIpc) is 2.37. The summed E-state index contributed by atoms with van der Waals surface area (Å²) in [6.07, 6.45) is 0. The van der Waals surface area contributed by atoms with E-state index in [0.29, 0.717) is 0 Å². The molecule has 1 nitrogen and oxygen atoms in total. The van der Waals surface area contributed by atoms with Crippen molar-refractivity contribution in [2.24, 2.45) is 0 Å². The molecule has 0 bridgehead atoms. The van der Waals surface area contributed by atoms with Gasteiger partial charge in [0.2, 0.25) is 0 Å². The van der Waals surface area contributed by atoms with Gasteiger partial charge in [-0.15, -0.1) is 0 Å². The van der Waals surface area contributed by atoms with Crippen LogP contribution in [0.5, 0.6) is 0 Å². The van der Waals surface area contributed by atoms with Gasteiger partial charge in [0.25, 0.3) is 0 Å². The number of aryl methyl sites for hydroxylation is 1. The number of nitrogens with one attached hydrogen (secondary N) is 1. The lowest BCUT2D eigenvalue weighted by molar-refractivity contribution is 0.609. The Morgan fingerprint density at radius 3 is 2.40 bits per heavy atom. The van der Waals surface area contributed by atoms with Gasteiger partial charge in [-0.25, -0.2) is 4.39 Å². The molecule has 20 heavy (non-hydrogen) atoms. The summed E-state index contributed by atoms with van der Waals surface area (Å²) in [6, 6.07) is 11.1. The van der Waals surface area contributed by atoms with Gasteiger partial charge in [0.1, 0.15) is 5.82 Å². The van der Waals surface area contributed by atoms with Gasteiger partial charge >= 0.3 is 0 Å². The molecule has 0 amide bonds. The summed E-state index contributed by atoms with van der Waals surface area (Å²) in [4.78, 5) is 0. The zero-order chi connectivity index (χ0) is 14.7. The van der Waals surface area contributed by atoms with Crippen molar-refractivity contribution in [1.29, 1.82) is 0 Å². The predicted molar refractivity (Wildman–Crippen MR) is 88.5 cm³/mol. The van der Waals surface area contributed by atoms with E-state index in [9.17, 15) is 4.39 Å². The van der Waals surface area contributed by atoms with Gasteiger partial charge < -0.3 is 5.32 Å². The van der Waals surface area contributed by atoms with Crippen LogP contribution in [0.2, 0.25) is 0 Å². The van der Waals surface area contributed by atoms with Gasteiger partial charge in [0.15, 0.2) is 0 Å². The number of benzene rings is 2. The molecule has 1 N–H and O–H groups in total.